The lowest BCUT2D eigenvalue weighted by Gasteiger charge is -2.05. The van der Waals surface area contributed by atoms with Gasteiger partial charge in [0.15, 0.2) is 16.6 Å². The van der Waals surface area contributed by atoms with Crippen LogP contribution in [0.5, 0.6) is 11.5 Å². The van der Waals surface area contributed by atoms with Crippen LogP contribution < -0.4 is 20.1 Å². The highest BCUT2D eigenvalue weighted by atomic mass is 32.1. The molecule has 0 radical (unpaired) electrons. The van der Waals surface area contributed by atoms with Gasteiger partial charge in [-0.25, -0.2) is 9.78 Å². The number of hydrogen-bond donors (Lipinski definition) is 3. The van der Waals surface area contributed by atoms with Crippen molar-refractivity contribution in [1.29, 1.82) is 0 Å². The molecule has 4 rings (SSSR count). The molecule has 1 aliphatic heterocycles. The lowest BCUT2D eigenvalue weighted by atomic mass is 10.1. The van der Waals surface area contributed by atoms with Crippen molar-refractivity contribution in [2.24, 2.45) is 0 Å². The zero-order valence-electron chi connectivity index (χ0n) is 14.5. The van der Waals surface area contributed by atoms with Crippen molar-refractivity contribution in [1.82, 2.24) is 10.3 Å². The summed E-state index contributed by atoms with van der Waals surface area (Å²) in [5.41, 5.74) is 2.08. The van der Waals surface area contributed by atoms with E-state index in [0.29, 0.717) is 22.3 Å². The number of thiazole rings is 1. The Balaban J connectivity index is 1.35. The molecule has 0 fully saturated rings. The van der Waals surface area contributed by atoms with Gasteiger partial charge in [0.25, 0.3) is 5.91 Å². The summed E-state index contributed by atoms with van der Waals surface area (Å²) in [6.07, 6.45) is 0. The zero-order chi connectivity index (χ0) is 19.5. The van der Waals surface area contributed by atoms with E-state index in [1.165, 1.54) is 23.5 Å². The summed E-state index contributed by atoms with van der Waals surface area (Å²) in [7, 11) is 0. The van der Waals surface area contributed by atoms with Crippen molar-refractivity contribution in [3.8, 4) is 11.5 Å². The summed E-state index contributed by atoms with van der Waals surface area (Å²) in [6.45, 7) is 0.487. The average Bonchev–Trinajstić information content (AvgIpc) is 3.35. The molecule has 0 unspecified atom stereocenters. The number of fused-ring (bicyclic) bond motifs is 1. The predicted molar refractivity (Wildman–Crippen MR) is 103 cm³/mol. The Bertz CT molecular complexity index is 1030. The Hall–Kier alpha value is -3.59. The van der Waals surface area contributed by atoms with Crippen LogP contribution >= 0.6 is 11.3 Å². The SMILES string of the molecule is O=C(O)c1ccc(CNC(=O)c2csc(Nc3ccc4c(c3)OCO4)n2)cc1. The summed E-state index contributed by atoms with van der Waals surface area (Å²) in [4.78, 5) is 27.4. The van der Waals surface area contributed by atoms with E-state index >= 15 is 0 Å². The highest BCUT2D eigenvalue weighted by Crippen LogP contribution is 2.35. The van der Waals surface area contributed by atoms with E-state index in [-0.39, 0.29) is 24.8 Å². The number of nitrogens with one attached hydrogen (secondary N) is 2. The number of aromatic carboxylic acids is 1. The lowest BCUT2D eigenvalue weighted by molar-refractivity contribution is 0.0696. The fraction of sp³-hybridized carbons (Fsp3) is 0.105. The highest BCUT2D eigenvalue weighted by molar-refractivity contribution is 7.14. The smallest absolute Gasteiger partial charge is 0.335 e. The van der Waals surface area contributed by atoms with Gasteiger partial charge in [-0.1, -0.05) is 12.1 Å². The maximum absolute atomic E-state index is 12.3. The molecular weight excluding hydrogens is 382 g/mol. The van der Waals surface area contributed by atoms with Gasteiger partial charge in [0.2, 0.25) is 6.79 Å². The number of nitrogens with zero attached hydrogens (tertiary/aromatic N) is 1. The summed E-state index contributed by atoms with van der Waals surface area (Å²) in [5.74, 6) is 0.0624. The minimum Gasteiger partial charge on any atom is -0.478 e. The molecular formula is C19H15N3O5S. The first kappa shape index (κ1) is 17.8. The van der Waals surface area contributed by atoms with Gasteiger partial charge in [-0.3, -0.25) is 4.79 Å². The van der Waals surface area contributed by atoms with E-state index in [2.05, 4.69) is 15.6 Å². The van der Waals surface area contributed by atoms with Crippen molar-refractivity contribution in [3.05, 3.63) is 64.7 Å². The van der Waals surface area contributed by atoms with E-state index in [1.807, 2.05) is 18.2 Å². The number of aromatic nitrogens is 1. The van der Waals surface area contributed by atoms with Crippen LogP contribution in [-0.2, 0) is 6.54 Å². The molecule has 0 saturated carbocycles. The topological polar surface area (TPSA) is 110 Å². The maximum atomic E-state index is 12.3. The number of carbonyl (C=O) groups is 2. The molecule has 28 heavy (non-hydrogen) atoms. The first-order valence-electron chi connectivity index (χ1n) is 8.31. The quantitative estimate of drug-likeness (QED) is 0.586. The molecule has 0 saturated heterocycles. The number of amides is 1. The Labute approximate surface area is 163 Å². The van der Waals surface area contributed by atoms with Crippen molar-refractivity contribution >= 4 is 34.0 Å². The van der Waals surface area contributed by atoms with Gasteiger partial charge < -0.3 is 25.2 Å². The molecule has 2 aromatic carbocycles. The molecule has 0 atom stereocenters. The Morgan fingerprint density at radius 2 is 1.89 bits per heavy atom. The molecule has 2 heterocycles. The van der Waals surface area contributed by atoms with Crippen molar-refractivity contribution in [3.63, 3.8) is 0 Å². The number of ether oxygens (including phenoxy) is 2. The summed E-state index contributed by atoms with van der Waals surface area (Å²) in [6, 6.07) is 11.8. The lowest BCUT2D eigenvalue weighted by Crippen LogP contribution is -2.23. The predicted octanol–water partition coefficient (Wildman–Crippen LogP) is 3.24. The van der Waals surface area contributed by atoms with Crippen LogP contribution in [-0.4, -0.2) is 28.8 Å². The van der Waals surface area contributed by atoms with Crippen molar-refractivity contribution in [2.75, 3.05) is 12.1 Å². The second-order valence-corrected chi connectivity index (χ2v) is 6.77. The molecule has 142 valence electrons. The molecule has 1 aromatic heterocycles. The minimum absolute atomic E-state index is 0.203. The molecule has 0 bridgehead atoms. The van der Waals surface area contributed by atoms with Gasteiger partial charge in [0.1, 0.15) is 5.69 Å². The second-order valence-electron chi connectivity index (χ2n) is 5.92. The number of anilines is 2. The van der Waals surface area contributed by atoms with Crippen LogP contribution in [0.3, 0.4) is 0 Å². The van der Waals surface area contributed by atoms with E-state index in [9.17, 15) is 9.59 Å². The normalized spacial score (nSPS) is 11.9. The molecule has 1 amide bonds. The van der Waals surface area contributed by atoms with Gasteiger partial charge in [0.05, 0.1) is 5.56 Å². The molecule has 9 heteroatoms. The van der Waals surface area contributed by atoms with Crippen molar-refractivity contribution < 1.29 is 24.2 Å². The van der Waals surface area contributed by atoms with Crippen LogP contribution in [0.2, 0.25) is 0 Å². The van der Waals surface area contributed by atoms with Gasteiger partial charge in [-0.15, -0.1) is 11.3 Å². The van der Waals surface area contributed by atoms with E-state index in [1.54, 1.807) is 17.5 Å². The van der Waals surface area contributed by atoms with E-state index in [0.717, 1.165) is 11.3 Å². The number of carboxylic acids is 1. The molecule has 0 aliphatic carbocycles. The monoisotopic (exact) mass is 397 g/mol. The fourth-order valence-corrected chi connectivity index (χ4v) is 3.28. The van der Waals surface area contributed by atoms with Crippen molar-refractivity contribution in [2.45, 2.75) is 6.54 Å². The summed E-state index contributed by atoms with van der Waals surface area (Å²) < 4.78 is 10.6. The number of rotatable bonds is 6. The van der Waals surface area contributed by atoms with Crippen LogP contribution in [0.1, 0.15) is 26.4 Å². The molecule has 3 N–H and O–H groups in total. The van der Waals surface area contributed by atoms with E-state index in [4.69, 9.17) is 14.6 Å². The number of carbonyl (C=O) groups excluding carboxylic acids is 1. The number of benzene rings is 2. The molecule has 0 spiro atoms. The first-order chi connectivity index (χ1) is 13.6. The third kappa shape index (κ3) is 3.89. The highest BCUT2D eigenvalue weighted by Gasteiger charge is 2.15. The summed E-state index contributed by atoms with van der Waals surface area (Å²) >= 11 is 1.31. The Kier molecular flexibility index (Phi) is 4.81. The minimum atomic E-state index is -0.986. The standard InChI is InChI=1S/C19H15N3O5S/c23-17(20-8-11-1-3-12(4-2-11)18(24)25)14-9-28-19(22-14)21-13-5-6-15-16(7-13)27-10-26-15/h1-7,9H,8,10H2,(H,20,23)(H,21,22)(H,24,25). The number of hydrogen-bond acceptors (Lipinski definition) is 7. The van der Waals surface area contributed by atoms with Crippen LogP contribution in [0.4, 0.5) is 10.8 Å². The third-order valence-corrected chi connectivity index (χ3v) is 4.77. The van der Waals surface area contributed by atoms with E-state index < -0.39 is 5.97 Å². The molecule has 1 aliphatic rings. The Morgan fingerprint density at radius 3 is 2.68 bits per heavy atom. The van der Waals surface area contributed by atoms with Crippen LogP contribution in [0, 0.1) is 0 Å². The largest absolute Gasteiger partial charge is 0.478 e. The first-order valence-corrected chi connectivity index (χ1v) is 9.19. The summed E-state index contributed by atoms with van der Waals surface area (Å²) in [5, 5.41) is 17.0. The van der Waals surface area contributed by atoms with Gasteiger partial charge >= 0.3 is 5.97 Å². The second kappa shape index (κ2) is 7.57. The van der Waals surface area contributed by atoms with Gasteiger partial charge in [0, 0.05) is 23.7 Å². The van der Waals surface area contributed by atoms with Gasteiger partial charge in [-0.05, 0) is 29.8 Å². The third-order valence-electron chi connectivity index (χ3n) is 4.01. The zero-order valence-corrected chi connectivity index (χ0v) is 15.3. The molecule has 8 nitrogen and oxygen atoms in total. The number of carboxylic acid groups (broad SMARTS) is 1. The van der Waals surface area contributed by atoms with Crippen LogP contribution in [0.15, 0.2) is 47.8 Å². The maximum Gasteiger partial charge on any atom is 0.335 e. The Morgan fingerprint density at radius 1 is 1.11 bits per heavy atom. The molecule has 3 aromatic rings. The fourth-order valence-electron chi connectivity index (χ4n) is 2.57. The van der Waals surface area contributed by atoms with Gasteiger partial charge in [-0.2, -0.15) is 0 Å². The van der Waals surface area contributed by atoms with Crippen LogP contribution in [0.25, 0.3) is 0 Å². The average molecular weight is 397 g/mol.